The molecule has 2 atom stereocenters. The first-order valence-corrected chi connectivity index (χ1v) is 12.4. The zero-order valence-corrected chi connectivity index (χ0v) is 19.4. The zero-order valence-electron chi connectivity index (χ0n) is 19.4. The van der Waals surface area contributed by atoms with Gasteiger partial charge in [-0.25, -0.2) is 4.39 Å². The summed E-state index contributed by atoms with van der Waals surface area (Å²) in [5.74, 6) is 0.267. The van der Waals surface area contributed by atoms with E-state index >= 15 is 0 Å². The fourth-order valence-corrected chi connectivity index (χ4v) is 5.63. The normalized spacial score (nSPS) is 26.1. The van der Waals surface area contributed by atoms with E-state index in [-0.39, 0.29) is 11.3 Å². The van der Waals surface area contributed by atoms with Crippen LogP contribution < -0.4 is 4.74 Å². The van der Waals surface area contributed by atoms with E-state index in [4.69, 9.17) is 9.47 Å². The zero-order chi connectivity index (χ0) is 22.5. The molecule has 174 valence electrons. The minimum atomic E-state index is -0.917. The van der Waals surface area contributed by atoms with Crippen molar-refractivity contribution in [1.82, 2.24) is 0 Å². The summed E-state index contributed by atoms with van der Waals surface area (Å²) in [4.78, 5) is 0. The quantitative estimate of drug-likeness (QED) is 0.434. The Hall–Kier alpha value is -1.94. The fourth-order valence-electron chi connectivity index (χ4n) is 5.63. The van der Waals surface area contributed by atoms with E-state index in [1.165, 1.54) is 63.0 Å². The van der Waals surface area contributed by atoms with Crippen molar-refractivity contribution in [2.75, 3.05) is 13.2 Å². The molecule has 2 fully saturated rings. The van der Waals surface area contributed by atoms with Crippen LogP contribution in [-0.2, 0) is 4.74 Å². The second kappa shape index (κ2) is 10.8. The average molecular weight is 443 g/mol. The van der Waals surface area contributed by atoms with Crippen molar-refractivity contribution >= 4 is 0 Å². The molecule has 1 saturated carbocycles. The standard InChI is InChI=1S/C28H36F2O2/c1-3-5-24-15-14-23(18-32-24)21-8-6-19(7-9-21)20-10-12-22(13-11-20)25-16-17-26(31-4-2)28(30)27(25)29/h10-13,16-17,19,21,23-24H,3-9,14-15,18H2,1-2H3. The maximum atomic E-state index is 14.5. The molecule has 2 unspecified atom stereocenters. The molecule has 4 rings (SSSR count). The minimum absolute atomic E-state index is 0.0358. The molecule has 0 aromatic heterocycles. The molecular weight excluding hydrogens is 406 g/mol. The van der Waals surface area contributed by atoms with E-state index in [2.05, 4.69) is 19.1 Å². The lowest BCUT2D eigenvalue weighted by atomic mass is 9.72. The smallest absolute Gasteiger partial charge is 0.201 e. The molecule has 2 nitrogen and oxygen atoms in total. The van der Waals surface area contributed by atoms with Crippen molar-refractivity contribution in [3.63, 3.8) is 0 Å². The van der Waals surface area contributed by atoms with Gasteiger partial charge in [0.1, 0.15) is 0 Å². The highest BCUT2D eigenvalue weighted by Gasteiger charge is 2.31. The Morgan fingerprint density at radius 1 is 0.844 bits per heavy atom. The lowest BCUT2D eigenvalue weighted by Crippen LogP contribution is -2.32. The first-order chi connectivity index (χ1) is 15.6. The maximum Gasteiger partial charge on any atom is 0.201 e. The van der Waals surface area contributed by atoms with Gasteiger partial charge in [0.15, 0.2) is 11.6 Å². The van der Waals surface area contributed by atoms with Crippen LogP contribution in [-0.4, -0.2) is 19.3 Å². The van der Waals surface area contributed by atoms with E-state index in [9.17, 15) is 8.78 Å². The van der Waals surface area contributed by atoms with Crippen LogP contribution >= 0.6 is 0 Å². The van der Waals surface area contributed by atoms with Crippen LogP contribution in [0.15, 0.2) is 36.4 Å². The van der Waals surface area contributed by atoms with Crippen LogP contribution in [0.1, 0.15) is 76.7 Å². The van der Waals surface area contributed by atoms with Crippen molar-refractivity contribution in [3.05, 3.63) is 53.6 Å². The largest absolute Gasteiger partial charge is 0.491 e. The predicted molar refractivity (Wildman–Crippen MR) is 125 cm³/mol. The predicted octanol–water partition coefficient (Wildman–Crippen LogP) is 7.90. The average Bonchev–Trinajstić information content (AvgIpc) is 2.83. The molecule has 0 spiro atoms. The molecule has 4 heteroatoms. The van der Waals surface area contributed by atoms with E-state index < -0.39 is 11.6 Å². The van der Waals surface area contributed by atoms with E-state index in [1.54, 1.807) is 13.0 Å². The highest BCUT2D eigenvalue weighted by atomic mass is 19.2. The van der Waals surface area contributed by atoms with Gasteiger partial charge >= 0.3 is 0 Å². The lowest BCUT2D eigenvalue weighted by Gasteiger charge is -2.38. The summed E-state index contributed by atoms with van der Waals surface area (Å²) in [5, 5.41) is 0. The van der Waals surface area contributed by atoms with Gasteiger partial charge in [0, 0.05) is 5.56 Å². The second-order valence-corrected chi connectivity index (χ2v) is 9.49. The topological polar surface area (TPSA) is 18.5 Å². The van der Waals surface area contributed by atoms with E-state index in [1.807, 2.05) is 12.1 Å². The summed E-state index contributed by atoms with van der Waals surface area (Å²) in [6, 6.07) is 11.1. The van der Waals surface area contributed by atoms with Gasteiger partial charge in [0.25, 0.3) is 0 Å². The summed E-state index contributed by atoms with van der Waals surface area (Å²) >= 11 is 0. The number of hydrogen-bond acceptors (Lipinski definition) is 2. The molecule has 0 N–H and O–H groups in total. The van der Waals surface area contributed by atoms with Gasteiger partial charge in [-0.2, -0.15) is 4.39 Å². The number of halogens is 2. The molecule has 2 aromatic carbocycles. The second-order valence-electron chi connectivity index (χ2n) is 9.49. The lowest BCUT2D eigenvalue weighted by molar-refractivity contribution is -0.0408. The van der Waals surface area contributed by atoms with Crippen LogP contribution in [0.3, 0.4) is 0 Å². The van der Waals surface area contributed by atoms with Gasteiger partial charge in [-0.1, -0.05) is 37.6 Å². The highest BCUT2D eigenvalue weighted by molar-refractivity contribution is 5.65. The van der Waals surface area contributed by atoms with Crippen molar-refractivity contribution in [1.29, 1.82) is 0 Å². The first-order valence-electron chi connectivity index (χ1n) is 12.4. The van der Waals surface area contributed by atoms with Crippen molar-refractivity contribution in [2.24, 2.45) is 11.8 Å². The summed E-state index contributed by atoms with van der Waals surface area (Å²) < 4.78 is 40.1. The van der Waals surface area contributed by atoms with E-state index in [0.717, 1.165) is 18.4 Å². The van der Waals surface area contributed by atoms with Crippen molar-refractivity contribution < 1.29 is 18.3 Å². The number of benzene rings is 2. The van der Waals surface area contributed by atoms with Gasteiger partial charge in [0.05, 0.1) is 19.3 Å². The van der Waals surface area contributed by atoms with Gasteiger partial charge in [-0.15, -0.1) is 0 Å². The molecule has 0 radical (unpaired) electrons. The fraction of sp³-hybridized carbons (Fsp3) is 0.571. The third kappa shape index (κ3) is 5.17. The monoisotopic (exact) mass is 442 g/mol. The molecule has 1 aliphatic carbocycles. The third-order valence-electron chi connectivity index (χ3n) is 7.49. The Bertz CT molecular complexity index is 864. The van der Waals surface area contributed by atoms with Crippen LogP contribution in [0.4, 0.5) is 8.78 Å². The number of hydrogen-bond donors (Lipinski definition) is 0. The Morgan fingerprint density at radius 2 is 1.56 bits per heavy atom. The van der Waals surface area contributed by atoms with Crippen LogP contribution in [0.2, 0.25) is 0 Å². The Kier molecular flexibility index (Phi) is 7.83. The Balaban J connectivity index is 1.34. The SMILES string of the molecule is CCCC1CCC(C2CCC(c3ccc(-c4ccc(OCC)c(F)c4F)cc3)CC2)CO1. The molecule has 1 aliphatic heterocycles. The minimum Gasteiger partial charge on any atom is -0.491 e. The molecule has 0 amide bonds. The molecular formula is C28H36F2O2. The maximum absolute atomic E-state index is 14.5. The third-order valence-corrected chi connectivity index (χ3v) is 7.49. The summed E-state index contributed by atoms with van der Waals surface area (Å²) in [7, 11) is 0. The molecule has 32 heavy (non-hydrogen) atoms. The molecule has 2 aromatic rings. The Morgan fingerprint density at radius 3 is 2.19 bits per heavy atom. The van der Waals surface area contributed by atoms with Crippen LogP contribution in [0.25, 0.3) is 11.1 Å². The van der Waals surface area contributed by atoms with Crippen molar-refractivity contribution in [3.8, 4) is 16.9 Å². The van der Waals surface area contributed by atoms with E-state index in [0.29, 0.717) is 24.2 Å². The molecule has 0 bridgehead atoms. The Labute approximate surface area is 191 Å². The van der Waals surface area contributed by atoms with Gasteiger partial charge in [-0.3, -0.25) is 0 Å². The number of ether oxygens (including phenoxy) is 2. The summed E-state index contributed by atoms with van der Waals surface area (Å²) in [6.45, 7) is 5.23. The molecule has 2 aliphatic rings. The van der Waals surface area contributed by atoms with Crippen LogP contribution in [0, 0.1) is 23.5 Å². The number of rotatable bonds is 7. The molecule has 1 heterocycles. The van der Waals surface area contributed by atoms with Crippen LogP contribution in [0.5, 0.6) is 5.75 Å². The highest BCUT2D eigenvalue weighted by Crippen LogP contribution is 2.42. The van der Waals surface area contributed by atoms with Gasteiger partial charge in [-0.05, 0) is 92.9 Å². The molecule has 1 saturated heterocycles. The summed E-state index contributed by atoms with van der Waals surface area (Å²) in [5.41, 5.74) is 2.28. The van der Waals surface area contributed by atoms with Gasteiger partial charge < -0.3 is 9.47 Å². The first kappa shape index (κ1) is 23.2. The van der Waals surface area contributed by atoms with Gasteiger partial charge in [0.2, 0.25) is 5.82 Å². The summed E-state index contributed by atoms with van der Waals surface area (Å²) in [6.07, 6.45) is 10.4. The van der Waals surface area contributed by atoms with Crippen molar-refractivity contribution in [2.45, 2.75) is 77.2 Å².